The highest BCUT2D eigenvalue weighted by Crippen LogP contribution is 2.21. The van der Waals surface area contributed by atoms with Crippen LogP contribution in [0, 0.1) is 0 Å². The molecule has 0 amide bonds. The van der Waals surface area contributed by atoms with E-state index in [1.54, 1.807) is 6.26 Å². The van der Waals surface area contributed by atoms with E-state index in [1.807, 2.05) is 18.2 Å². The maximum Gasteiger partial charge on any atom is 0.202 e. The van der Waals surface area contributed by atoms with E-state index in [0.29, 0.717) is 24.6 Å². The quantitative estimate of drug-likeness (QED) is 0.793. The van der Waals surface area contributed by atoms with Crippen LogP contribution in [0.3, 0.4) is 0 Å². The summed E-state index contributed by atoms with van der Waals surface area (Å²) >= 11 is 0. The first kappa shape index (κ1) is 13.8. The lowest BCUT2D eigenvalue weighted by atomic mass is 10.2. The Hall–Kier alpha value is -1.59. The van der Waals surface area contributed by atoms with Crippen molar-refractivity contribution in [3.8, 4) is 11.5 Å². The van der Waals surface area contributed by atoms with Crippen LogP contribution in [0.1, 0.15) is 25.5 Å². The van der Waals surface area contributed by atoms with Gasteiger partial charge in [-0.25, -0.2) is 0 Å². The van der Waals surface area contributed by atoms with Crippen LogP contribution in [0.15, 0.2) is 33.4 Å². The van der Waals surface area contributed by atoms with Gasteiger partial charge in [0.05, 0.1) is 18.6 Å². The van der Waals surface area contributed by atoms with Crippen LogP contribution < -0.4 is 0 Å². The molecule has 5 nitrogen and oxygen atoms in total. The summed E-state index contributed by atoms with van der Waals surface area (Å²) in [5.41, 5.74) is 0.857. The van der Waals surface area contributed by atoms with Crippen molar-refractivity contribution in [2.24, 2.45) is 0 Å². The zero-order valence-electron chi connectivity index (χ0n) is 11.2. The lowest BCUT2D eigenvalue weighted by Crippen LogP contribution is -2.27. The Morgan fingerprint density at radius 3 is 2.89 bits per heavy atom. The van der Waals surface area contributed by atoms with Gasteiger partial charge in [0.15, 0.2) is 5.76 Å². The molecule has 0 bridgehead atoms. The maximum absolute atomic E-state index is 9.07. The van der Waals surface area contributed by atoms with Gasteiger partial charge in [-0.3, -0.25) is 4.90 Å². The Kier molecular flexibility index (Phi) is 5.18. The molecule has 2 aromatic rings. The van der Waals surface area contributed by atoms with Crippen molar-refractivity contribution in [1.82, 2.24) is 10.1 Å². The fourth-order valence-corrected chi connectivity index (χ4v) is 1.94. The SMILES string of the molecule is CCCCN(CCO)Cc1cc(-c2ccco2)on1. The first-order valence-corrected chi connectivity index (χ1v) is 6.66. The van der Waals surface area contributed by atoms with Crippen LogP contribution in [0.2, 0.25) is 0 Å². The smallest absolute Gasteiger partial charge is 0.202 e. The van der Waals surface area contributed by atoms with E-state index in [1.165, 1.54) is 0 Å². The van der Waals surface area contributed by atoms with E-state index in [4.69, 9.17) is 14.0 Å². The molecule has 0 unspecified atom stereocenters. The molecule has 0 saturated heterocycles. The molecule has 2 aromatic heterocycles. The molecule has 19 heavy (non-hydrogen) atoms. The van der Waals surface area contributed by atoms with Gasteiger partial charge in [-0.05, 0) is 25.1 Å². The Morgan fingerprint density at radius 1 is 1.32 bits per heavy atom. The van der Waals surface area contributed by atoms with Gasteiger partial charge in [0, 0.05) is 19.2 Å². The highest BCUT2D eigenvalue weighted by atomic mass is 16.5. The lowest BCUT2D eigenvalue weighted by molar-refractivity contribution is 0.185. The molecule has 0 saturated carbocycles. The minimum atomic E-state index is 0.159. The first-order chi connectivity index (χ1) is 9.33. The predicted octanol–water partition coefficient (Wildman–Crippen LogP) is 2.53. The minimum absolute atomic E-state index is 0.159. The van der Waals surface area contributed by atoms with E-state index in [0.717, 1.165) is 25.1 Å². The van der Waals surface area contributed by atoms with Crippen molar-refractivity contribution in [2.45, 2.75) is 26.3 Å². The van der Waals surface area contributed by atoms with Crippen LogP contribution in [-0.4, -0.2) is 34.9 Å². The minimum Gasteiger partial charge on any atom is -0.461 e. The highest BCUT2D eigenvalue weighted by Gasteiger charge is 2.12. The molecule has 2 rings (SSSR count). The van der Waals surface area contributed by atoms with Crippen LogP contribution in [-0.2, 0) is 6.54 Å². The molecule has 5 heteroatoms. The van der Waals surface area contributed by atoms with Crippen molar-refractivity contribution in [3.63, 3.8) is 0 Å². The van der Waals surface area contributed by atoms with Gasteiger partial charge in [-0.2, -0.15) is 0 Å². The van der Waals surface area contributed by atoms with Crippen LogP contribution in [0.5, 0.6) is 0 Å². The topological polar surface area (TPSA) is 62.6 Å². The number of hydrogen-bond acceptors (Lipinski definition) is 5. The molecule has 0 atom stereocenters. The number of aromatic nitrogens is 1. The zero-order valence-corrected chi connectivity index (χ0v) is 11.2. The van der Waals surface area contributed by atoms with Crippen LogP contribution in [0.4, 0.5) is 0 Å². The third-order valence-electron chi connectivity index (χ3n) is 2.95. The molecule has 0 aliphatic heterocycles. The molecule has 2 heterocycles. The van der Waals surface area contributed by atoms with Gasteiger partial charge in [0.2, 0.25) is 5.76 Å². The van der Waals surface area contributed by atoms with Crippen molar-refractivity contribution in [3.05, 3.63) is 30.2 Å². The molecule has 0 fully saturated rings. The van der Waals surface area contributed by atoms with Crippen molar-refractivity contribution in [1.29, 1.82) is 0 Å². The number of hydrogen-bond donors (Lipinski definition) is 1. The lowest BCUT2D eigenvalue weighted by Gasteiger charge is -2.19. The second-order valence-electron chi connectivity index (χ2n) is 4.51. The van der Waals surface area contributed by atoms with Gasteiger partial charge >= 0.3 is 0 Å². The van der Waals surface area contributed by atoms with Crippen molar-refractivity contribution in [2.75, 3.05) is 19.7 Å². The maximum atomic E-state index is 9.07. The summed E-state index contributed by atoms with van der Waals surface area (Å²) in [6.07, 6.45) is 3.86. The molecule has 0 aliphatic rings. The number of rotatable bonds is 8. The third-order valence-corrected chi connectivity index (χ3v) is 2.95. The van der Waals surface area contributed by atoms with Crippen molar-refractivity contribution >= 4 is 0 Å². The Morgan fingerprint density at radius 2 is 2.21 bits per heavy atom. The van der Waals surface area contributed by atoms with Gasteiger partial charge in [-0.1, -0.05) is 18.5 Å². The van der Waals surface area contributed by atoms with Gasteiger partial charge in [0.25, 0.3) is 0 Å². The van der Waals surface area contributed by atoms with Gasteiger partial charge < -0.3 is 14.0 Å². The van der Waals surface area contributed by atoms with Crippen LogP contribution in [0.25, 0.3) is 11.5 Å². The second kappa shape index (κ2) is 7.11. The average Bonchev–Trinajstić information content (AvgIpc) is 3.06. The predicted molar refractivity (Wildman–Crippen MR) is 71.5 cm³/mol. The Balaban J connectivity index is 1.97. The molecule has 0 aliphatic carbocycles. The van der Waals surface area contributed by atoms with Gasteiger partial charge in [-0.15, -0.1) is 0 Å². The van der Waals surface area contributed by atoms with E-state index in [2.05, 4.69) is 17.0 Å². The first-order valence-electron chi connectivity index (χ1n) is 6.66. The normalized spacial score (nSPS) is 11.3. The number of furan rings is 1. The number of aliphatic hydroxyl groups is 1. The summed E-state index contributed by atoms with van der Waals surface area (Å²) in [6.45, 7) is 4.61. The monoisotopic (exact) mass is 264 g/mol. The number of unbranched alkanes of at least 4 members (excludes halogenated alkanes) is 1. The molecule has 0 radical (unpaired) electrons. The second-order valence-corrected chi connectivity index (χ2v) is 4.51. The highest BCUT2D eigenvalue weighted by molar-refractivity contribution is 5.49. The molecular weight excluding hydrogens is 244 g/mol. The Bertz CT molecular complexity index is 465. The molecule has 104 valence electrons. The molecule has 0 spiro atoms. The van der Waals surface area contributed by atoms with Crippen LogP contribution >= 0.6 is 0 Å². The van der Waals surface area contributed by atoms with E-state index in [-0.39, 0.29) is 6.61 Å². The summed E-state index contributed by atoms with van der Waals surface area (Å²) < 4.78 is 10.5. The molecule has 0 aromatic carbocycles. The summed E-state index contributed by atoms with van der Waals surface area (Å²) in [6, 6.07) is 5.54. The standard InChI is InChI=1S/C14H20N2O3/c1-2-3-6-16(7-8-17)11-12-10-14(19-15-12)13-5-4-9-18-13/h4-5,9-10,17H,2-3,6-8,11H2,1H3. The zero-order chi connectivity index (χ0) is 13.5. The molecule has 1 N–H and O–H groups in total. The summed E-state index contributed by atoms with van der Waals surface area (Å²) in [5, 5.41) is 13.1. The number of nitrogens with zero attached hydrogens (tertiary/aromatic N) is 2. The Labute approximate surface area is 112 Å². The van der Waals surface area contributed by atoms with Crippen molar-refractivity contribution < 1.29 is 14.0 Å². The molecular formula is C14H20N2O3. The summed E-state index contributed by atoms with van der Waals surface area (Å²) in [7, 11) is 0. The van der Waals surface area contributed by atoms with E-state index < -0.39 is 0 Å². The van der Waals surface area contributed by atoms with E-state index >= 15 is 0 Å². The van der Waals surface area contributed by atoms with Gasteiger partial charge in [0.1, 0.15) is 0 Å². The summed E-state index contributed by atoms with van der Waals surface area (Å²) in [5.74, 6) is 1.32. The average molecular weight is 264 g/mol. The summed E-state index contributed by atoms with van der Waals surface area (Å²) in [4.78, 5) is 2.17. The number of aliphatic hydroxyl groups excluding tert-OH is 1. The van der Waals surface area contributed by atoms with E-state index in [9.17, 15) is 0 Å². The fourth-order valence-electron chi connectivity index (χ4n) is 1.94. The largest absolute Gasteiger partial charge is 0.461 e. The third kappa shape index (κ3) is 3.94. The fraction of sp³-hybridized carbons (Fsp3) is 0.500.